The average molecular weight is 421 g/mol. The van der Waals surface area contributed by atoms with E-state index in [1.807, 2.05) is 48.8 Å². The van der Waals surface area contributed by atoms with Crippen molar-refractivity contribution in [1.29, 1.82) is 0 Å². The van der Waals surface area contributed by atoms with Gasteiger partial charge in [0.15, 0.2) is 0 Å². The van der Waals surface area contributed by atoms with Gasteiger partial charge in [0.05, 0.1) is 16.1 Å². The number of anilines is 1. The monoisotopic (exact) mass is 420 g/mol. The molecule has 0 atom stereocenters. The molecule has 0 saturated carbocycles. The highest BCUT2D eigenvalue weighted by molar-refractivity contribution is 7.12. The van der Waals surface area contributed by atoms with Crippen molar-refractivity contribution in [2.75, 3.05) is 11.9 Å². The molecule has 0 spiro atoms. The minimum atomic E-state index is -0.320. The molecule has 1 aromatic heterocycles. The third-order valence-corrected chi connectivity index (χ3v) is 6.40. The highest BCUT2D eigenvalue weighted by Crippen LogP contribution is 2.48. The zero-order valence-corrected chi connectivity index (χ0v) is 18.1. The summed E-state index contributed by atoms with van der Waals surface area (Å²) in [6, 6.07) is 19.3. The first-order chi connectivity index (χ1) is 13.9. The second kappa shape index (κ2) is 7.62. The maximum Gasteiger partial charge on any atom is 0.206 e. The Morgan fingerprint density at radius 2 is 1.79 bits per heavy atom. The van der Waals surface area contributed by atoms with Crippen LogP contribution in [-0.2, 0) is 5.41 Å². The summed E-state index contributed by atoms with van der Waals surface area (Å²) in [6.07, 6.45) is 1.70. The number of para-hydroxylation sites is 1. The number of hydrogen-bond acceptors (Lipinski definition) is 4. The highest BCUT2D eigenvalue weighted by Gasteiger charge is 2.41. The summed E-state index contributed by atoms with van der Waals surface area (Å²) in [5.74, 6) is -0.0135. The number of benzene rings is 2. The van der Waals surface area contributed by atoms with E-state index in [1.165, 1.54) is 16.9 Å². The Morgan fingerprint density at radius 1 is 1.07 bits per heavy atom. The summed E-state index contributed by atoms with van der Waals surface area (Å²) >= 11 is 7.43. The van der Waals surface area contributed by atoms with Crippen LogP contribution in [0.3, 0.4) is 0 Å². The molecule has 146 valence electrons. The molecule has 0 N–H and O–H groups in total. The van der Waals surface area contributed by atoms with Gasteiger partial charge in [-0.05, 0) is 47.3 Å². The molecule has 3 aromatic rings. The second-order valence-electron chi connectivity index (χ2n) is 7.50. The summed E-state index contributed by atoms with van der Waals surface area (Å²) in [5, 5.41) is 2.58. The van der Waals surface area contributed by atoms with Gasteiger partial charge in [-0.1, -0.05) is 49.7 Å². The van der Waals surface area contributed by atoms with E-state index < -0.39 is 0 Å². The first kappa shape index (κ1) is 19.6. The molecule has 0 unspecified atom stereocenters. The molecule has 0 fully saturated rings. The average Bonchev–Trinajstić information content (AvgIpc) is 3.31. The maximum atomic E-state index is 13.5. The van der Waals surface area contributed by atoms with Crippen LogP contribution >= 0.6 is 22.9 Å². The van der Waals surface area contributed by atoms with Gasteiger partial charge in [0.1, 0.15) is 0 Å². The Hall–Kier alpha value is -2.69. The predicted molar refractivity (Wildman–Crippen MR) is 123 cm³/mol. The normalized spacial score (nSPS) is 16.9. The van der Waals surface area contributed by atoms with Crippen LogP contribution in [0, 0.1) is 0 Å². The van der Waals surface area contributed by atoms with Crippen LogP contribution in [0.25, 0.3) is 0 Å². The van der Waals surface area contributed by atoms with E-state index in [4.69, 9.17) is 11.6 Å². The fraction of sp³-hybridized carbons (Fsp3) is 0.167. The van der Waals surface area contributed by atoms with Crippen molar-refractivity contribution in [3.63, 3.8) is 0 Å². The Morgan fingerprint density at radius 3 is 2.45 bits per heavy atom. The Bertz CT molecular complexity index is 1110. The van der Waals surface area contributed by atoms with Crippen LogP contribution in [0.5, 0.6) is 0 Å². The zero-order valence-electron chi connectivity index (χ0n) is 16.5. The van der Waals surface area contributed by atoms with Crippen molar-refractivity contribution in [1.82, 2.24) is 0 Å². The first-order valence-corrected chi connectivity index (χ1v) is 10.6. The van der Waals surface area contributed by atoms with E-state index in [9.17, 15) is 4.79 Å². The van der Waals surface area contributed by atoms with E-state index in [0.29, 0.717) is 15.5 Å². The molecule has 1 aliphatic heterocycles. The Kier molecular flexibility index (Phi) is 5.15. The van der Waals surface area contributed by atoms with Crippen LogP contribution < -0.4 is 4.90 Å². The smallest absolute Gasteiger partial charge is 0.206 e. The van der Waals surface area contributed by atoms with Gasteiger partial charge in [-0.25, -0.2) is 0 Å². The third-order valence-electron chi connectivity index (χ3n) is 5.28. The second-order valence-corrected chi connectivity index (χ2v) is 8.89. The van der Waals surface area contributed by atoms with Crippen molar-refractivity contribution < 1.29 is 4.79 Å². The Labute approximate surface area is 180 Å². The molecule has 1 aliphatic rings. The lowest BCUT2D eigenvalue weighted by atomic mass is 9.81. The van der Waals surface area contributed by atoms with Gasteiger partial charge in [-0.3, -0.25) is 9.79 Å². The molecule has 0 saturated heterocycles. The molecule has 0 amide bonds. The molecule has 0 aliphatic carbocycles. The van der Waals surface area contributed by atoms with Crippen molar-refractivity contribution in [2.45, 2.75) is 19.3 Å². The SMILES string of the molecule is CN1/C(=C(\C=Nc2ccc(Cl)cc2)C(=O)c2cccs2)C(C)(C)c2ccccc21. The molecule has 0 radical (unpaired) electrons. The van der Waals surface area contributed by atoms with Gasteiger partial charge in [-0.15, -0.1) is 11.3 Å². The van der Waals surface area contributed by atoms with Crippen LogP contribution in [0.1, 0.15) is 29.1 Å². The van der Waals surface area contributed by atoms with E-state index in [2.05, 4.69) is 35.9 Å². The van der Waals surface area contributed by atoms with Crippen molar-refractivity contribution in [3.05, 3.63) is 92.8 Å². The van der Waals surface area contributed by atoms with E-state index in [-0.39, 0.29) is 11.2 Å². The lowest BCUT2D eigenvalue weighted by Crippen LogP contribution is -2.27. The molecule has 29 heavy (non-hydrogen) atoms. The number of ketones is 1. The van der Waals surface area contributed by atoms with Gasteiger partial charge in [0.2, 0.25) is 5.78 Å². The summed E-state index contributed by atoms with van der Waals surface area (Å²) in [7, 11) is 2.01. The lowest BCUT2D eigenvalue weighted by molar-refractivity contribution is 0.104. The molecule has 2 aromatic carbocycles. The fourth-order valence-electron chi connectivity index (χ4n) is 3.91. The van der Waals surface area contributed by atoms with E-state index in [1.54, 1.807) is 18.3 Å². The Balaban J connectivity index is 1.88. The largest absolute Gasteiger partial charge is 0.346 e. The number of rotatable bonds is 4. The van der Waals surface area contributed by atoms with Crippen LogP contribution in [-0.4, -0.2) is 19.0 Å². The summed E-state index contributed by atoms with van der Waals surface area (Å²) < 4.78 is 0. The third kappa shape index (κ3) is 3.54. The van der Waals surface area contributed by atoms with Gasteiger partial charge >= 0.3 is 0 Å². The van der Waals surface area contributed by atoms with Crippen molar-refractivity contribution in [2.24, 2.45) is 4.99 Å². The summed E-state index contributed by atoms with van der Waals surface area (Å²) in [6.45, 7) is 4.31. The van der Waals surface area contributed by atoms with Gasteiger partial charge in [-0.2, -0.15) is 0 Å². The van der Waals surface area contributed by atoms with E-state index in [0.717, 1.165) is 17.1 Å². The number of carbonyl (C=O) groups excluding carboxylic acids is 1. The van der Waals surface area contributed by atoms with Crippen molar-refractivity contribution >= 4 is 46.3 Å². The number of allylic oxidation sites excluding steroid dienone is 2. The molecular formula is C24H21ClN2OS. The summed E-state index contributed by atoms with van der Waals surface area (Å²) in [5.41, 5.74) is 4.31. The molecule has 2 heterocycles. The lowest BCUT2D eigenvalue weighted by Gasteiger charge is -2.26. The zero-order chi connectivity index (χ0) is 20.6. The number of aliphatic imine (C=N–C) groups is 1. The fourth-order valence-corrected chi connectivity index (χ4v) is 4.72. The van der Waals surface area contributed by atoms with Gasteiger partial charge in [0.25, 0.3) is 0 Å². The van der Waals surface area contributed by atoms with E-state index >= 15 is 0 Å². The number of fused-ring (bicyclic) bond motifs is 1. The van der Waals surface area contributed by atoms with Gasteiger partial charge in [0, 0.05) is 35.1 Å². The van der Waals surface area contributed by atoms with Crippen LogP contribution in [0.15, 0.2) is 82.3 Å². The first-order valence-electron chi connectivity index (χ1n) is 9.35. The number of likely N-dealkylation sites (N-methyl/N-ethyl adjacent to an activating group) is 1. The number of hydrogen-bond donors (Lipinski definition) is 0. The molecule has 3 nitrogen and oxygen atoms in total. The molecular weight excluding hydrogens is 400 g/mol. The number of halogens is 1. The minimum absolute atomic E-state index is 0.0135. The number of nitrogens with zero attached hydrogens (tertiary/aromatic N) is 2. The number of carbonyl (C=O) groups is 1. The quantitative estimate of drug-likeness (QED) is 0.268. The number of thiophene rings is 1. The topological polar surface area (TPSA) is 32.7 Å². The predicted octanol–water partition coefficient (Wildman–Crippen LogP) is 6.67. The summed E-state index contributed by atoms with van der Waals surface area (Å²) in [4.78, 5) is 20.9. The van der Waals surface area contributed by atoms with Gasteiger partial charge < -0.3 is 4.90 Å². The van der Waals surface area contributed by atoms with Crippen molar-refractivity contribution in [3.8, 4) is 0 Å². The molecule has 4 rings (SSSR count). The highest BCUT2D eigenvalue weighted by atomic mass is 35.5. The number of Topliss-reactive ketones (excluding diaryl/α,β-unsaturated/α-hetero) is 1. The minimum Gasteiger partial charge on any atom is -0.346 e. The maximum absolute atomic E-state index is 13.5. The molecule has 5 heteroatoms. The van der Waals surface area contributed by atoms with Crippen LogP contribution in [0.2, 0.25) is 5.02 Å². The van der Waals surface area contributed by atoms with Crippen LogP contribution in [0.4, 0.5) is 11.4 Å². The molecule has 0 bridgehead atoms. The standard InChI is InChI=1S/C24H21ClN2OS/c1-24(2)19-7-4-5-8-20(19)27(3)23(24)18(22(28)21-9-6-14-29-21)15-26-17-12-10-16(25)11-13-17/h4-15H,1-3H3/b23-18+,26-15?.